The van der Waals surface area contributed by atoms with E-state index in [2.05, 4.69) is 10.9 Å². The third-order valence-corrected chi connectivity index (χ3v) is 1.31. The molecule has 0 bridgehead atoms. The van der Waals surface area contributed by atoms with Crippen LogP contribution in [-0.2, 0) is 6.18 Å². The van der Waals surface area contributed by atoms with Crippen molar-refractivity contribution in [1.29, 1.82) is 0 Å². The molecule has 0 aromatic carbocycles. The molecule has 0 radical (unpaired) electrons. The molecule has 0 aliphatic carbocycles. The first-order valence-corrected chi connectivity index (χ1v) is 3.58. The van der Waals surface area contributed by atoms with E-state index in [-0.39, 0.29) is 5.69 Å². The molecule has 0 saturated heterocycles. The van der Waals surface area contributed by atoms with Crippen molar-refractivity contribution >= 4 is 11.6 Å². The number of pyridine rings is 1. The Morgan fingerprint density at radius 1 is 1.31 bits per heavy atom. The molecule has 0 saturated carbocycles. The molecule has 0 N–H and O–H groups in total. The van der Waals surface area contributed by atoms with Crippen LogP contribution in [0.4, 0.5) is 13.2 Å². The summed E-state index contributed by atoms with van der Waals surface area (Å²) in [5, 5.41) is 1.96. The van der Waals surface area contributed by atoms with E-state index in [1.807, 2.05) is 5.38 Å². The standard InChI is InChI=1S/C8H3ClF3N/c9-5-4-6-2-1-3-7(13-6)8(10,11)12/h1-3H. The van der Waals surface area contributed by atoms with Gasteiger partial charge in [0.25, 0.3) is 0 Å². The average molecular weight is 206 g/mol. The monoisotopic (exact) mass is 205 g/mol. The summed E-state index contributed by atoms with van der Waals surface area (Å²) >= 11 is 5.02. The molecule has 0 aliphatic rings. The van der Waals surface area contributed by atoms with E-state index in [0.717, 1.165) is 6.07 Å². The van der Waals surface area contributed by atoms with Gasteiger partial charge in [0.15, 0.2) is 0 Å². The Labute approximate surface area is 77.5 Å². The lowest BCUT2D eigenvalue weighted by Gasteiger charge is -2.04. The smallest absolute Gasteiger partial charge is 0.235 e. The molecule has 1 aromatic rings. The molecule has 13 heavy (non-hydrogen) atoms. The highest BCUT2D eigenvalue weighted by Crippen LogP contribution is 2.27. The molecular formula is C8H3ClF3N. The summed E-state index contributed by atoms with van der Waals surface area (Å²) in [6.45, 7) is 0. The summed E-state index contributed by atoms with van der Waals surface area (Å²) in [6, 6.07) is 3.45. The van der Waals surface area contributed by atoms with Gasteiger partial charge >= 0.3 is 6.18 Å². The Kier molecular flexibility index (Phi) is 2.79. The van der Waals surface area contributed by atoms with Gasteiger partial charge in [0.1, 0.15) is 11.4 Å². The highest BCUT2D eigenvalue weighted by atomic mass is 35.5. The number of hydrogen-bond donors (Lipinski definition) is 0. The molecule has 1 aromatic heterocycles. The fourth-order valence-electron chi connectivity index (χ4n) is 0.711. The summed E-state index contributed by atoms with van der Waals surface area (Å²) < 4.78 is 36.2. The van der Waals surface area contributed by atoms with Crippen LogP contribution >= 0.6 is 11.6 Å². The molecule has 1 rings (SSSR count). The van der Waals surface area contributed by atoms with Crippen LogP contribution in [0.2, 0.25) is 0 Å². The normalized spacial score (nSPS) is 10.5. The van der Waals surface area contributed by atoms with Crippen molar-refractivity contribution in [3.05, 3.63) is 29.6 Å². The first-order chi connectivity index (χ1) is 6.04. The number of alkyl halides is 3. The van der Waals surface area contributed by atoms with Gasteiger partial charge < -0.3 is 0 Å². The molecule has 5 heteroatoms. The second-order valence-corrected chi connectivity index (χ2v) is 2.31. The predicted molar refractivity (Wildman–Crippen MR) is 42.0 cm³/mol. The van der Waals surface area contributed by atoms with Crippen LogP contribution in [0.1, 0.15) is 11.4 Å². The molecule has 1 heterocycles. The van der Waals surface area contributed by atoms with Gasteiger partial charge in [-0.2, -0.15) is 13.2 Å². The zero-order chi connectivity index (χ0) is 9.90. The Hall–Kier alpha value is -1.21. The average Bonchev–Trinajstić information content (AvgIpc) is 2.04. The third kappa shape index (κ3) is 2.63. The lowest BCUT2D eigenvalue weighted by molar-refractivity contribution is -0.141. The van der Waals surface area contributed by atoms with E-state index < -0.39 is 11.9 Å². The maximum atomic E-state index is 12.1. The number of aromatic nitrogens is 1. The van der Waals surface area contributed by atoms with Gasteiger partial charge in [-0.15, -0.1) is 0 Å². The van der Waals surface area contributed by atoms with Gasteiger partial charge in [-0.05, 0) is 29.7 Å². The Morgan fingerprint density at radius 3 is 2.54 bits per heavy atom. The lowest BCUT2D eigenvalue weighted by atomic mass is 10.3. The van der Waals surface area contributed by atoms with Crippen molar-refractivity contribution in [2.45, 2.75) is 6.18 Å². The Balaban J connectivity index is 3.10. The summed E-state index contributed by atoms with van der Waals surface area (Å²) in [6.07, 6.45) is -4.44. The number of nitrogens with zero attached hydrogens (tertiary/aromatic N) is 1. The molecule has 0 atom stereocenters. The van der Waals surface area contributed by atoms with E-state index >= 15 is 0 Å². The fraction of sp³-hybridized carbons (Fsp3) is 0.125. The zero-order valence-electron chi connectivity index (χ0n) is 6.19. The van der Waals surface area contributed by atoms with E-state index in [9.17, 15) is 13.2 Å². The molecule has 0 unspecified atom stereocenters. The minimum atomic E-state index is -4.44. The van der Waals surface area contributed by atoms with Crippen molar-refractivity contribution in [1.82, 2.24) is 4.98 Å². The Bertz CT molecular complexity index is 362. The van der Waals surface area contributed by atoms with Crippen LogP contribution in [-0.4, -0.2) is 4.98 Å². The van der Waals surface area contributed by atoms with Crippen molar-refractivity contribution in [3.63, 3.8) is 0 Å². The van der Waals surface area contributed by atoms with Gasteiger partial charge in [0.05, 0.1) is 0 Å². The molecule has 0 fully saturated rings. The van der Waals surface area contributed by atoms with Gasteiger partial charge in [0.2, 0.25) is 0 Å². The van der Waals surface area contributed by atoms with Crippen LogP contribution in [0.25, 0.3) is 0 Å². The second kappa shape index (κ2) is 3.67. The van der Waals surface area contributed by atoms with Crippen LogP contribution in [0.5, 0.6) is 0 Å². The quantitative estimate of drug-likeness (QED) is 0.594. The first kappa shape index (κ1) is 9.87. The van der Waals surface area contributed by atoms with E-state index in [1.54, 1.807) is 0 Å². The summed E-state index contributed by atoms with van der Waals surface area (Å²) in [7, 11) is 0. The van der Waals surface area contributed by atoms with Gasteiger partial charge in [0, 0.05) is 5.38 Å². The second-order valence-electron chi connectivity index (χ2n) is 2.13. The SMILES string of the molecule is FC(F)(F)c1cccc(C#CCl)n1. The summed E-state index contributed by atoms with van der Waals surface area (Å²) in [4.78, 5) is 3.25. The number of rotatable bonds is 0. The van der Waals surface area contributed by atoms with E-state index in [0.29, 0.717) is 0 Å². The lowest BCUT2D eigenvalue weighted by Crippen LogP contribution is -2.08. The van der Waals surface area contributed by atoms with Crippen LogP contribution in [0.15, 0.2) is 18.2 Å². The first-order valence-electron chi connectivity index (χ1n) is 3.20. The summed E-state index contributed by atoms with van der Waals surface area (Å²) in [5.74, 6) is 2.22. The minimum absolute atomic E-state index is 0.00447. The Morgan fingerprint density at radius 2 is 2.00 bits per heavy atom. The van der Waals surface area contributed by atoms with Crippen LogP contribution in [0.3, 0.4) is 0 Å². The van der Waals surface area contributed by atoms with Crippen molar-refractivity contribution in [2.24, 2.45) is 0 Å². The maximum absolute atomic E-state index is 12.1. The number of hydrogen-bond acceptors (Lipinski definition) is 1. The van der Waals surface area contributed by atoms with Crippen molar-refractivity contribution < 1.29 is 13.2 Å². The van der Waals surface area contributed by atoms with Crippen LogP contribution in [0, 0.1) is 11.3 Å². The topological polar surface area (TPSA) is 12.9 Å². The molecule has 0 spiro atoms. The molecular weight excluding hydrogens is 203 g/mol. The number of halogens is 4. The van der Waals surface area contributed by atoms with Gasteiger partial charge in [-0.3, -0.25) is 0 Å². The fourth-order valence-corrected chi connectivity index (χ4v) is 0.807. The predicted octanol–water partition coefficient (Wildman–Crippen LogP) is 2.65. The minimum Gasteiger partial charge on any atom is -0.235 e. The highest BCUT2D eigenvalue weighted by molar-refractivity contribution is 6.30. The molecule has 0 amide bonds. The van der Waals surface area contributed by atoms with Gasteiger partial charge in [-0.25, -0.2) is 4.98 Å². The zero-order valence-corrected chi connectivity index (χ0v) is 6.95. The molecule has 1 nitrogen and oxygen atoms in total. The third-order valence-electron chi connectivity index (χ3n) is 1.21. The maximum Gasteiger partial charge on any atom is 0.433 e. The molecule has 68 valence electrons. The summed E-state index contributed by atoms with van der Waals surface area (Å²) in [5.41, 5.74) is -0.964. The van der Waals surface area contributed by atoms with Gasteiger partial charge in [-0.1, -0.05) is 6.07 Å². The van der Waals surface area contributed by atoms with E-state index in [1.165, 1.54) is 12.1 Å². The van der Waals surface area contributed by atoms with Crippen LogP contribution < -0.4 is 0 Å². The van der Waals surface area contributed by atoms with Crippen molar-refractivity contribution in [3.8, 4) is 11.3 Å². The largest absolute Gasteiger partial charge is 0.433 e. The van der Waals surface area contributed by atoms with E-state index in [4.69, 9.17) is 11.6 Å². The molecule has 0 aliphatic heterocycles. The van der Waals surface area contributed by atoms with Crippen molar-refractivity contribution in [2.75, 3.05) is 0 Å². The highest BCUT2D eigenvalue weighted by Gasteiger charge is 2.32.